The van der Waals surface area contributed by atoms with Crippen molar-refractivity contribution in [1.29, 1.82) is 0 Å². The average molecular weight is 420 g/mol. The van der Waals surface area contributed by atoms with Gasteiger partial charge in [0.2, 0.25) is 0 Å². The van der Waals surface area contributed by atoms with Crippen molar-refractivity contribution in [2.24, 2.45) is 0 Å². The van der Waals surface area contributed by atoms with Crippen LogP contribution in [-0.4, -0.2) is 0 Å². The minimum absolute atomic E-state index is 0.442. The highest BCUT2D eigenvalue weighted by Crippen LogP contribution is 2.58. The van der Waals surface area contributed by atoms with Crippen molar-refractivity contribution in [1.82, 2.24) is 0 Å². The maximum atomic E-state index is 3.56. The summed E-state index contributed by atoms with van der Waals surface area (Å²) in [6.45, 7) is 0. The molecule has 22 heavy (non-hydrogen) atoms. The first-order valence-electron chi connectivity index (χ1n) is 8.14. The van der Waals surface area contributed by atoms with Gasteiger partial charge >= 0.3 is 0 Å². The Bertz CT molecular complexity index is 584. The van der Waals surface area contributed by atoms with Crippen LogP contribution in [0, 0.1) is 0 Å². The third-order valence-corrected chi connectivity index (χ3v) is 7.22. The lowest BCUT2D eigenvalue weighted by atomic mass is 9.50. The van der Waals surface area contributed by atoms with Crippen molar-refractivity contribution >= 4 is 31.9 Å². The number of benzene rings is 2. The predicted octanol–water partition coefficient (Wildman–Crippen LogP) is 6.76. The highest BCUT2D eigenvalue weighted by Gasteiger charge is 2.49. The van der Waals surface area contributed by atoms with Crippen LogP contribution in [0.5, 0.6) is 0 Å². The molecule has 0 nitrogen and oxygen atoms in total. The first kappa shape index (κ1) is 15.0. The maximum absolute atomic E-state index is 3.56. The number of fused-ring (bicyclic) bond motifs is 3. The summed E-state index contributed by atoms with van der Waals surface area (Å²) in [6, 6.07) is 18.2. The molecule has 0 unspecified atom stereocenters. The summed E-state index contributed by atoms with van der Waals surface area (Å²) >= 11 is 7.12. The third-order valence-electron chi connectivity index (χ3n) is 6.16. The molecule has 0 spiro atoms. The van der Waals surface area contributed by atoms with E-state index in [0.717, 1.165) is 0 Å². The molecule has 3 saturated carbocycles. The fourth-order valence-electron chi connectivity index (χ4n) is 4.66. The van der Waals surface area contributed by atoms with Crippen LogP contribution in [0.15, 0.2) is 57.5 Å². The summed E-state index contributed by atoms with van der Waals surface area (Å²) in [6.07, 6.45) is 8.03. The van der Waals surface area contributed by atoms with Crippen LogP contribution in [0.2, 0.25) is 0 Å². The Hall–Kier alpha value is -0.600. The summed E-state index contributed by atoms with van der Waals surface area (Å²) < 4.78 is 2.37. The molecule has 0 N–H and O–H groups in total. The normalized spacial score (nSPS) is 30.5. The summed E-state index contributed by atoms with van der Waals surface area (Å²) in [7, 11) is 0. The van der Waals surface area contributed by atoms with Crippen LogP contribution in [0.1, 0.15) is 49.7 Å². The van der Waals surface area contributed by atoms with E-state index >= 15 is 0 Å². The van der Waals surface area contributed by atoms with Gasteiger partial charge in [-0.3, -0.25) is 0 Å². The van der Waals surface area contributed by atoms with Gasteiger partial charge in [-0.25, -0.2) is 0 Å². The van der Waals surface area contributed by atoms with Crippen LogP contribution < -0.4 is 0 Å². The van der Waals surface area contributed by atoms with E-state index in [1.165, 1.54) is 47.5 Å². The largest absolute Gasteiger partial charge is 0.0574 e. The van der Waals surface area contributed by atoms with Crippen molar-refractivity contribution in [2.75, 3.05) is 0 Å². The molecule has 0 radical (unpaired) electrons. The maximum Gasteiger partial charge on any atom is 0.0175 e. The summed E-state index contributed by atoms with van der Waals surface area (Å²) in [5, 5.41) is 0. The lowest BCUT2D eigenvalue weighted by molar-refractivity contribution is 0.102. The van der Waals surface area contributed by atoms with Crippen molar-refractivity contribution in [3.05, 3.63) is 68.6 Å². The van der Waals surface area contributed by atoms with Gasteiger partial charge in [-0.15, -0.1) is 0 Å². The van der Waals surface area contributed by atoms with Crippen molar-refractivity contribution in [3.63, 3.8) is 0 Å². The molecule has 0 aliphatic heterocycles. The fourth-order valence-corrected chi connectivity index (χ4v) is 5.19. The Morgan fingerprint density at radius 1 is 0.500 bits per heavy atom. The minimum Gasteiger partial charge on any atom is -0.0574 e. The zero-order valence-electron chi connectivity index (χ0n) is 12.6. The van der Waals surface area contributed by atoms with Gasteiger partial charge in [0.05, 0.1) is 0 Å². The Kier molecular flexibility index (Phi) is 3.73. The molecule has 3 fully saturated rings. The van der Waals surface area contributed by atoms with Gasteiger partial charge in [-0.1, -0.05) is 56.1 Å². The van der Waals surface area contributed by atoms with Gasteiger partial charge in [0.1, 0.15) is 0 Å². The Labute approximate surface area is 149 Å². The molecule has 2 heteroatoms. The van der Waals surface area contributed by atoms with Crippen LogP contribution in [-0.2, 0) is 10.8 Å². The van der Waals surface area contributed by atoms with Crippen LogP contribution in [0.4, 0.5) is 0 Å². The molecular formula is C20H20Br2. The first-order valence-corrected chi connectivity index (χ1v) is 9.73. The Balaban J connectivity index is 1.61. The molecule has 3 aliphatic carbocycles. The van der Waals surface area contributed by atoms with Crippen molar-refractivity contribution in [3.8, 4) is 0 Å². The summed E-state index contributed by atoms with van der Waals surface area (Å²) in [4.78, 5) is 0. The van der Waals surface area contributed by atoms with Gasteiger partial charge in [-0.05, 0) is 84.7 Å². The molecule has 2 aromatic rings. The second kappa shape index (κ2) is 5.49. The monoisotopic (exact) mass is 418 g/mol. The zero-order valence-corrected chi connectivity index (χ0v) is 15.8. The highest BCUT2D eigenvalue weighted by molar-refractivity contribution is 9.10. The van der Waals surface area contributed by atoms with Crippen molar-refractivity contribution < 1.29 is 0 Å². The number of hydrogen-bond acceptors (Lipinski definition) is 0. The van der Waals surface area contributed by atoms with E-state index < -0.39 is 0 Å². The average Bonchev–Trinajstić information content (AvgIpc) is 2.57. The van der Waals surface area contributed by atoms with Gasteiger partial charge in [0.15, 0.2) is 0 Å². The van der Waals surface area contributed by atoms with E-state index in [1.54, 1.807) is 11.1 Å². The molecule has 0 heterocycles. The fraction of sp³-hybridized carbons (Fsp3) is 0.400. The standard InChI is InChI=1S/C20H20Br2/c21-17-5-1-15(2-6-17)19-9-12-20(13-10-19,14-11-19)16-3-7-18(22)8-4-16/h1-8H,9-14H2. The molecule has 114 valence electrons. The van der Waals surface area contributed by atoms with E-state index in [2.05, 4.69) is 80.4 Å². The lowest BCUT2D eigenvalue weighted by Crippen LogP contribution is -2.46. The second-order valence-electron chi connectivity index (χ2n) is 7.07. The molecular weight excluding hydrogens is 400 g/mol. The van der Waals surface area contributed by atoms with E-state index in [9.17, 15) is 0 Å². The summed E-state index contributed by atoms with van der Waals surface area (Å²) in [5.41, 5.74) is 4.00. The highest BCUT2D eigenvalue weighted by atomic mass is 79.9. The second-order valence-corrected chi connectivity index (χ2v) is 8.91. The Morgan fingerprint density at radius 3 is 1.05 bits per heavy atom. The molecule has 3 aliphatic rings. The molecule has 2 bridgehead atoms. The predicted molar refractivity (Wildman–Crippen MR) is 99.3 cm³/mol. The topological polar surface area (TPSA) is 0 Å². The zero-order chi connectivity index (χ0) is 15.2. The molecule has 0 amide bonds. The van der Waals surface area contributed by atoms with E-state index in [4.69, 9.17) is 0 Å². The minimum atomic E-state index is 0.442. The van der Waals surface area contributed by atoms with Crippen molar-refractivity contribution in [2.45, 2.75) is 49.4 Å². The first-order chi connectivity index (χ1) is 10.6. The van der Waals surface area contributed by atoms with Gasteiger partial charge in [-0.2, -0.15) is 0 Å². The molecule has 2 aromatic carbocycles. The Morgan fingerprint density at radius 2 is 0.773 bits per heavy atom. The molecule has 0 atom stereocenters. The van der Waals surface area contributed by atoms with Crippen LogP contribution in [0.3, 0.4) is 0 Å². The van der Waals surface area contributed by atoms with E-state index in [1.807, 2.05) is 0 Å². The van der Waals surface area contributed by atoms with Gasteiger partial charge in [0, 0.05) is 8.95 Å². The molecule has 0 saturated heterocycles. The van der Waals surface area contributed by atoms with Gasteiger partial charge < -0.3 is 0 Å². The smallest absolute Gasteiger partial charge is 0.0175 e. The van der Waals surface area contributed by atoms with E-state index in [0.29, 0.717) is 10.8 Å². The molecule has 5 rings (SSSR count). The van der Waals surface area contributed by atoms with Crippen LogP contribution in [0.25, 0.3) is 0 Å². The SMILES string of the molecule is Brc1ccc(C23CCC(c4ccc(Br)cc4)(CC2)CC3)cc1. The third kappa shape index (κ3) is 2.39. The summed E-state index contributed by atoms with van der Waals surface area (Å²) in [5.74, 6) is 0. The van der Waals surface area contributed by atoms with E-state index in [-0.39, 0.29) is 0 Å². The number of rotatable bonds is 2. The number of halogens is 2. The molecule has 0 aromatic heterocycles. The lowest BCUT2D eigenvalue weighted by Gasteiger charge is -2.54. The quantitative estimate of drug-likeness (QED) is 0.504. The number of hydrogen-bond donors (Lipinski definition) is 0. The van der Waals surface area contributed by atoms with Gasteiger partial charge in [0.25, 0.3) is 0 Å². The van der Waals surface area contributed by atoms with Crippen LogP contribution >= 0.6 is 31.9 Å².